The molecule has 1 aromatic rings. The number of likely N-dealkylation sites (tertiary alicyclic amines) is 1. The quantitative estimate of drug-likeness (QED) is 0.791. The predicted molar refractivity (Wildman–Crippen MR) is 108 cm³/mol. The second-order valence-electron chi connectivity index (χ2n) is 8.09. The third-order valence-electron chi connectivity index (χ3n) is 5.70. The van der Waals surface area contributed by atoms with Crippen LogP contribution in [0.15, 0.2) is 24.3 Å². The molecule has 2 N–H and O–H groups in total. The minimum Gasteiger partial charge on any atom is -0.394 e. The van der Waals surface area contributed by atoms with Crippen molar-refractivity contribution in [3.63, 3.8) is 0 Å². The van der Waals surface area contributed by atoms with Crippen LogP contribution < -0.4 is 5.32 Å². The van der Waals surface area contributed by atoms with Crippen LogP contribution >= 0.6 is 0 Å². The van der Waals surface area contributed by atoms with Gasteiger partial charge in [0, 0.05) is 23.4 Å². The fraction of sp³-hybridized carbons (Fsp3) is 0.565. The Balaban J connectivity index is 1.71. The van der Waals surface area contributed by atoms with E-state index in [0.717, 1.165) is 11.1 Å². The van der Waals surface area contributed by atoms with Gasteiger partial charge in [-0.2, -0.15) is 5.26 Å². The molecule has 0 aromatic heterocycles. The van der Waals surface area contributed by atoms with E-state index in [-0.39, 0.29) is 30.6 Å². The Morgan fingerprint density at radius 2 is 1.93 bits per heavy atom. The Morgan fingerprint density at radius 1 is 1.25 bits per heavy atom. The molecule has 1 saturated heterocycles. The van der Waals surface area contributed by atoms with Crippen LogP contribution in [-0.4, -0.2) is 40.8 Å². The number of carbonyl (C=O) groups excluding carboxylic acids is 1. The van der Waals surface area contributed by atoms with Gasteiger partial charge in [-0.15, -0.1) is 0 Å². The number of hydrogen-bond donors (Lipinski definition) is 2. The van der Waals surface area contributed by atoms with E-state index >= 15 is 0 Å². The summed E-state index contributed by atoms with van der Waals surface area (Å²) in [5.74, 6) is 6.99. The second kappa shape index (κ2) is 9.13. The normalized spacial score (nSPS) is 24.7. The van der Waals surface area contributed by atoms with Crippen LogP contribution in [0.1, 0.15) is 63.0 Å². The number of nitrogens with zero attached hydrogens (tertiary/aromatic N) is 2. The number of rotatable bonds is 3. The van der Waals surface area contributed by atoms with E-state index < -0.39 is 6.04 Å². The van der Waals surface area contributed by atoms with E-state index in [1.807, 2.05) is 38.1 Å². The Bertz CT molecular complexity index is 779. The van der Waals surface area contributed by atoms with Crippen molar-refractivity contribution < 1.29 is 9.90 Å². The van der Waals surface area contributed by atoms with Crippen LogP contribution in [0.2, 0.25) is 0 Å². The summed E-state index contributed by atoms with van der Waals surface area (Å²) in [6, 6.07) is 8.85. The molecule has 5 heteroatoms. The molecule has 0 spiro atoms. The molecule has 3 atom stereocenters. The molecule has 2 fully saturated rings. The number of hydrogen-bond acceptors (Lipinski definition) is 3. The highest BCUT2D eigenvalue weighted by atomic mass is 16.3. The van der Waals surface area contributed by atoms with E-state index in [2.05, 4.69) is 23.2 Å². The van der Waals surface area contributed by atoms with Crippen molar-refractivity contribution in [1.82, 2.24) is 10.2 Å². The lowest BCUT2D eigenvalue weighted by molar-refractivity contribution is 0.0162. The van der Waals surface area contributed by atoms with Crippen LogP contribution in [0.4, 0.5) is 4.79 Å². The maximum atomic E-state index is 12.4. The molecule has 148 valence electrons. The molecule has 5 nitrogen and oxygen atoms in total. The molecule has 2 aliphatic rings. The van der Waals surface area contributed by atoms with E-state index in [4.69, 9.17) is 0 Å². The molecular formula is C23H29N3O2. The van der Waals surface area contributed by atoms with Gasteiger partial charge in [-0.1, -0.05) is 43.2 Å². The summed E-state index contributed by atoms with van der Waals surface area (Å²) in [5.41, 5.74) is 1.93. The zero-order valence-corrected chi connectivity index (χ0v) is 16.7. The highest BCUT2D eigenvalue weighted by Gasteiger charge is 2.51. The van der Waals surface area contributed by atoms with Crippen LogP contribution in [0.3, 0.4) is 0 Å². The molecule has 2 amide bonds. The Labute approximate surface area is 167 Å². The first-order chi connectivity index (χ1) is 13.5. The molecule has 1 heterocycles. The van der Waals surface area contributed by atoms with Gasteiger partial charge in [0.1, 0.15) is 6.04 Å². The molecule has 0 bridgehead atoms. The molecule has 3 rings (SSSR count). The van der Waals surface area contributed by atoms with Gasteiger partial charge in [0.2, 0.25) is 0 Å². The Morgan fingerprint density at radius 3 is 2.50 bits per heavy atom. The smallest absolute Gasteiger partial charge is 0.319 e. The average molecular weight is 380 g/mol. The van der Waals surface area contributed by atoms with Crippen LogP contribution in [0.25, 0.3) is 0 Å². The van der Waals surface area contributed by atoms with Gasteiger partial charge in [-0.05, 0) is 44.4 Å². The minimum atomic E-state index is -0.574. The van der Waals surface area contributed by atoms with Gasteiger partial charge in [0.05, 0.1) is 18.7 Å². The standard InChI is InChI=1S/C23H29N3O2/c1-16(2)25-23(28)26-20(14-24)22(21(26)15-27)19-12-10-18(11-13-19)9-8-17-6-4-3-5-7-17/h10-13,16-17,20-22,27H,3-7,15H2,1-2H3,(H,25,28)/t20-,21-,22+/m1/s1. The lowest BCUT2D eigenvalue weighted by Gasteiger charge is -2.51. The van der Waals surface area contributed by atoms with Crippen molar-refractivity contribution in [1.29, 1.82) is 5.26 Å². The van der Waals surface area contributed by atoms with Gasteiger partial charge in [0.25, 0.3) is 0 Å². The van der Waals surface area contributed by atoms with Gasteiger partial charge >= 0.3 is 6.03 Å². The number of nitriles is 1. The van der Waals surface area contributed by atoms with Crippen molar-refractivity contribution in [3.8, 4) is 17.9 Å². The number of aliphatic hydroxyl groups excluding tert-OH is 1. The molecule has 1 aliphatic carbocycles. The summed E-state index contributed by atoms with van der Waals surface area (Å²) in [6.45, 7) is 3.58. The molecule has 0 unspecified atom stereocenters. The maximum absolute atomic E-state index is 12.4. The third-order valence-corrected chi connectivity index (χ3v) is 5.70. The van der Waals surface area contributed by atoms with Crippen molar-refractivity contribution in [2.75, 3.05) is 6.61 Å². The Kier molecular flexibility index (Phi) is 6.60. The van der Waals surface area contributed by atoms with E-state index in [1.165, 1.54) is 37.0 Å². The lowest BCUT2D eigenvalue weighted by Crippen LogP contribution is -2.67. The van der Waals surface area contributed by atoms with Crippen molar-refractivity contribution >= 4 is 6.03 Å². The lowest BCUT2D eigenvalue weighted by atomic mass is 9.76. The summed E-state index contributed by atoms with van der Waals surface area (Å²) in [5, 5.41) is 22.2. The molecule has 1 aromatic carbocycles. The third kappa shape index (κ3) is 4.32. The largest absolute Gasteiger partial charge is 0.394 e. The van der Waals surface area contributed by atoms with Gasteiger partial charge in [-0.25, -0.2) is 4.79 Å². The fourth-order valence-corrected chi connectivity index (χ4v) is 4.23. The van der Waals surface area contributed by atoms with Gasteiger partial charge < -0.3 is 15.3 Å². The number of amides is 2. The first-order valence-corrected chi connectivity index (χ1v) is 10.3. The van der Waals surface area contributed by atoms with Crippen molar-refractivity contribution in [2.24, 2.45) is 5.92 Å². The zero-order chi connectivity index (χ0) is 20.1. The summed E-state index contributed by atoms with van der Waals surface area (Å²) in [7, 11) is 0. The number of nitrogens with one attached hydrogen (secondary N) is 1. The SMILES string of the molecule is CC(C)NC(=O)N1[C@H](C#N)[C@H](c2ccc(C#CC3CCCCC3)cc2)[C@H]1CO. The highest BCUT2D eigenvalue weighted by Crippen LogP contribution is 2.40. The summed E-state index contributed by atoms with van der Waals surface area (Å²) in [4.78, 5) is 13.8. The topological polar surface area (TPSA) is 76.4 Å². The molecular weight excluding hydrogens is 350 g/mol. The van der Waals surface area contributed by atoms with E-state index in [9.17, 15) is 15.2 Å². The zero-order valence-electron chi connectivity index (χ0n) is 16.7. The van der Waals surface area contributed by atoms with Crippen molar-refractivity contribution in [2.45, 2.75) is 70.0 Å². The molecule has 28 heavy (non-hydrogen) atoms. The maximum Gasteiger partial charge on any atom is 0.319 e. The fourth-order valence-electron chi connectivity index (χ4n) is 4.23. The van der Waals surface area contributed by atoms with Crippen LogP contribution in [0.5, 0.6) is 0 Å². The molecule has 0 radical (unpaired) electrons. The highest BCUT2D eigenvalue weighted by molar-refractivity contribution is 5.77. The monoisotopic (exact) mass is 379 g/mol. The van der Waals surface area contributed by atoms with Gasteiger partial charge in [-0.3, -0.25) is 0 Å². The second-order valence-corrected chi connectivity index (χ2v) is 8.09. The van der Waals surface area contributed by atoms with Gasteiger partial charge in [0.15, 0.2) is 0 Å². The summed E-state index contributed by atoms with van der Waals surface area (Å²) in [6.07, 6.45) is 6.28. The Hall–Kier alpha value is -2.50. The number of aliphatic hydroxyl groups is 1. The first-order valence-electron chi connectivity index (χ1n) is 10.3. The number of urea groups is 1. The average Bonchev–Trinajstić information content (AvgIpc) is 2.67. The predicted octanol–water partition coefficient (Wildman–Crippen LogP) is 3.39. The summed E-state index contributed by atoms with van der Waals surface area (Å²) >= 11 is 0. The minimum absolute atomic E-state index is 0.0211. The van der Waals surface area contributed by atoms with Crippen molar-refractivity contribution in [3.05, 3.63) is 35.4 Å². The van der Waals surface area contributed by atoms with Crippen LogP contribution in [-0.2, 0) is 0 Å². The first kappa shape index (κ1) is 20.2. The summed E-state index contributed by atoms with van der Waals surface area (Å²) < 4.78 is 0. The van der Waals surface area contributed by atoms with E-state index in [1.54, 1.807) is 0 Å². The van der Waals surface area contributed by atoms with E-state index in [0.29, 0.717) is 5.92 Å². The number of benzene rings is 1. The molecule has 1 saturated carbocycles. The number of carbonyl (C=O) groups is 1. The van der Waals surface area contributed by atoms with Crippen LogP contribution in [0, 0.1) is 29.1 Å². The molecule has 1 aliphatic heterocycles.